The van der Waals surface area contributed by atoms with Crippen molar-refractivity contribution in [2.45, 2.75) is 38.3 Å². The fraction of sp³-hybridized carbons (Fsp3) is 0.364. The number of carbonyl (C=O) groups excluding carboxylic acids is 2. The standard InChI is InChI=1S/C22H24ClNO5/c1-13(21(25)24-18-10-6-8-14-7-4-5-9-16(14)18)29-22(26)15-11-17(23)20(28-3)19(12-15)27-2/h4-5,7,9,11-13,18H,6,8,10H2,1-3H3,(H,24,25)/t13-,18-/m1/s1. The molecule has 29 heavy (non-hydrogen) atoms. The summed E-state index contributed by atoms with van der Waals surface area (Å²) in [7, 11) is 2.90. The number of nitrogens with one attached hydrogen (secondary N) is 1. The van der Waals surface area contributed by atoms with Crippen LogP contribution in [0.2, 0.25) is 5.02 Å². The van der Waals surface area contributed by atoms with Gasteiger partial charge < -0.3 is 19.5 Å². The molecule has 1 aliphatic rings. The molecule has 0 unspecified atom stereocenters. The van der Waals surface area contributed by atoms with Gasteiger partial charge in [-0.05, 0) is 49.4 Å². The van der Waals surface area contributed by atoms with Crippen molar-refractivity contribution < 1.29 is 23.8 Å². The van der Waals surface area contributed by atoms with Crippen LogP contribution in [0.3, 0.4) is 0 Å². The van der Waals surface area contributed by atoms with Gasteiger partial charge in [-0.25, -0.2) is 4.79 Å². The lowest BCUT2D eigenvalue weighted by molar-refractivity contribution is -0.130. The van der Waals surface area contributed by atoms with Crippen LogP contribution in [0, 0.1) is 0 Å². The fourth-order valence-corrected chi connectivity index (χ4v) is 3.80. The summed E-state index contributed by atoms with van der Waals surface area (Å²) >= 11 is 6.14. The smallest absolute Gasteiger partial charge is 0.339 e. The second-order valence-electron chi connectivity index (χ2n) is 6.89. The Hall–Kier alpha value is -2.73. The van der Waals surface area contributed by atoms with E-state index in [0.717, 1.165) is 24.8 Å². The Bertz CT molecular complexity index is 914. The highest BCUT2D eigenvalue weighted by Crippen LogP contribution is 2.36. The first kappa shape index (κ1) is 21.0. The van der Waals surface area contributed by atoms with Gasteiger partial charge in [0.25, 0.3) is 5.91 Å². The minimum atomic E-state index is -0.955. The molecule has 6 nitrogen and oxygen atoms in total. The van der Waals surface area contributed by atoms with Crippen molar-refractivity contribution in [3.63, 3.8) is 0 Å². The van der Waals surface area contributed by atoms with Gasteiger partial charge in [0.2, 0.25) is 0 Å². The van der Waals surface area contributed by atoms with Crippen molar-refractivity contribution in [3.05, 3.63) is 58.1 Å². The van der Waals surface area contributed by atoms with Crippen molar-refractivity contribution in [3.8, 4) is 11.5 Å². The summed E-state index contributed by atoms with van der Waals surface area (Å²) in [5.74, 6) is -0.374. The lowest BCUT2D eigenvalue weighted by Gasteiger charge is -2.27. The third-order valence-corrected chi connectivity index (χ3v) is 5.29. The summed E-state index contributed by atoms with van der Waals surface area (Å²) in [5.41, 5.74) is 2.54. The highest BCUT2D eigenvalue weighted by molar-refractivity contribution is 6.32. The SMILES string of the molecule is COc1cc(C(=O)O[C@H](C)C(=O)N[C@@H]2CCCc3ccccc32)cc(Cl)c1OC. The number of rotatable bonds is 6. The molecule has 0 radical (unpaired) electrons. The minimum absolute atomic E-state index is 0.0795. The maximum atomic E-state index is 12.6. The van der Waals surface area contributed by atoms with Crippen LogP contribution < -0.4 is 14.8 Å². The van der Waals surface area contributed by atoms with E-state index in [9.17, 15) is 9.59 Å². The zero-order chi connectivity index (χ0) is 21.0. The topological polar surface area (TPSA) is 73.9 Å². The summed E-state index contributed by atoms with van der Waals surface area (Å²) in [4.78, 5) is 25.1. The monoisotopic (exact) mass is 417 g/mol. The van der Waals surface area contributed by atoms with Crippen LogP contribution in [0.5, 0.6) is 11.5 Å². The van der Waals surface area contributed by atoms with Gasteiger partial charge in [-0.15, -0.1) is 0 Å². The first-order valence-corrected chi connectivity index (χ1v) is 9.83. The average Bonchev–Trinajstić information content (AvgIpc) is 2.73. The molecule has 0 saturated carbocycles. The molecule has 7 heteroatoms. The maximum absolute atomic E-state index is 12.6. The molecule has 0 aliphatic heterocycles. The molecule has 0 saturated heterocycles. The lowest BCUT2D eigenvalue weighted by Crippen LogP contribution is -2.39. The van der Waals surface area contributed by atoms with Gasteiger partial charge in [0.1, 0.15) is 0 Å². The summed E-state index contributed by atoms with van der Waals surface area (Å²) in [6.45, 7) is 1.55. The quantitative estimate of drug-likeness (QED) is 0.716. The van der Waals surface area contributed by atoms with Gasteiger partial charge in [-0.3, -0.25) is 4.79 Å². The minimum Gasteiger partial charge on any atom is -0.493 e. The molecule has 1 N–H and O–H groups in total. The molecule has 1 amide bonds. The van der Waals surface area contributed by atoms with E-state index in [4.69, 9.17) is 25.8 Å². The first-order chi connectivity index (χ1) is 13.9. The number of carbonyl (C=O) groups is 2. The molecular formula is C22H24ClNO5. The number of aryl methyl sites for hydroxylation is 1. The largest absolute Gasteiger partial charge is 0.493 e. The van der Waals surface area contributed by atoms with Crippen LogP contribution in [0.4, 0.5) is 0 Å². The average molecular weight is 418 g/mol. The molecule has 0 bridgehead atoms. The van der Waals surface area contributed by atoms with Crippen LogP contribution >= 0.6 is 11.6 Å². The predicted octanol–water partition coefficient (Wildman–Crippen LogP) is 4.10. The van der Waals surface area contributed by atoms with E-state index < -0.39 is 12.1 Å². The van der Waals surface area contributed by atoms with Gasteiger partial charge in [0.15, 0.2) is 17.6 Å². The molecule has 0 heterocycles. The molecule has 0 aromatic heterocycles. The van der Waals surface area contributed by atoms with Crippen LogP contribution in [0.25, 0.3) is 0 Å². The van der Waals surface area contributed by atoms with Gasteiger partial charge in [-0.1, -0.05) is 35.9 Å². The zero-order valence-electron chi connectivity index (χ0n) is 16.7. The maximum Gasteiger partial charge on any atom is 0.339 e. The highest BCUT2D eigenvalue weighted by atomic mass is 35.5. The zero-order valence-corrected chi connectivity index (χ0v) is 17.4. The number of halogens is 1. The second-order valence-corrected chi connectivity index (χ2v) is 7.30. The normalized spacial score (nSPS) is 16.3. The molecule has 2 aromatic rings. The van der Waals surface area contributed by atoms with E-state index >= 15 is 0 Å². The molecular weight excluding hydrogens is 394 g/mol. The number of hydrogen-bond donors (Lipinski definition) is 1. The third-order valence-electron chi connectivity index (χ3n) is 5.01. The van der Waals surface area contributed by atoms with E-state index in [2.05, 4.69) is 11.4 Å². The Kier molecular flexibility index (Phi) is 6.64. The van der Waals surface area contributed by atoms with Crippen molar-refractivity contribution in [1.82, 2.24) is 5.32 Å². The van der Waals surface area contributed by atoms with Crippen molar-refractivity contribution in [1.29, 1.82) is 0 Å². The van der Waals surface area contributed by atoms with Gasteiger partial charge >= 0.3 is 5.97 Å². The Morgan fingerprint density at radius 1 is 1.17 bits per heavy atom. The number of methoxy groups -OCH3 is 2. The van der Waals surface area contributed by atoms with Gasteiger partial charge in [0, 0.05) is 0 Å². The van der Waals surface area contributed by atoms with Crippen molar-refractivity contribution >= 4 is 23.5 Å². The first-order valence-electron chi connectivity index (χ1n) is 9.45. The Morgan fingerprint density at radius 2 is 1.93 bits per heavy atom. The molecule has 0 fully saturated rings. The molecule has 2 aromatic carbocycles. The van der Waals surface area contributed by atoms with Crippen LogP contribution in [-0.4, -0.2) is 32.2 Å². The number of fused-ring (bicyclic) bond motifs is 1. The third kappa shape index (κ3) is 4.65. The predicted molar refractivity (Wildman–Crippen MR) is 110 cm³/mol. The molecule has 2 atom stereocenters. The molecule has 3 rings (SSSR count). The summed E-state index contributed by atoms with van der Waals surface area (Å²) < 4.78 is 15.7. The lowest BCUT2D eigenvalue weighted by atomic mass is 9.87. The van der Waals surface area contributed by atoms with E-state index in [-0.39, 0.29) is 22.5 Å². The van der Waals surface area contributed by atoms with Crippen LogP contribution in [0.15, 0.2) is 36.4 Å². The highest BCUT2D eigenvalue weighted by Gasteiger charge is 2.26. The van der Waals surface area contributed by atoms with Gasteiger partial charge in [0.05, 0.1) is 30.8 Å². The van der Waals surface area contributed by atoms with Crippen LogP contribution in [0.1, 0.15) is 47.3 Å². The summed E-state index contributed by atoms with van der Waals surface area (Å²) in [6, 6.07) is 10.9. The fourth-order valence-electron chi connectivity index (χ4n) is 3.51. The second kappa shape index (κ2) is 9.18. The Balaban J connectivity index is 1.67. The van der Waals surface area contributed by atoms with E-state index in [1.165, 1.54) is 31.9 Å². The number of esters is 1. The number of ether oxygens (including phenoxy) is 3. The Labute approximate surface area is 175 Å². The molecule has 1 aliphatic carbocycles. The summed E-state index contributed by atoms with van der Waals surface area (Å²) in [6.07, 6.45) is 1.91. The Morgan fingerprint density at radius 3 is 2.66 bits per heavy atom. The van der Waals surface area contributed by atoms with Gasteiger partial charge in [-0.2, -0.15) is 0 Å². The van der Waals surface area contributed by atoms with E-state index in [1.807, 2.05) is 18.2 Å². The molecule has 0 spiro atoms. The van der Waals surface area contributed by atoms with E-state index in [0.29, 0.717) is 11.5 Å². The number of benzene rings is 2. The summed E-state index contributed by atoms with van der Waals surface area (Å²) in [5, 5.41) is 3.21. The van der Waals surface area contributed by atoms with E-state index in [1.54, 1.807) is 6.92 Å². The van der Waals surface area contributed by atoms with Crippen LogP contribution in [-0.2, 0) is 16.0 Å². The number of hydrogen-bond acceptors (Lipinski definition) is 5. The number of amides is 1. The van der Waals surface area contributed by atoms with Crippen molar-refractivity contribution in [2.24, 2.45) is 0 Å². The van der Waals surface area contributed by atoms with Crippen molar-refractivity contribution in [2.75, 3.05) is 14.2 Å². The molecule has 154 valence electrons.